The predicted octanol–water partition coefficient (Wildman–Crippen LogP) is 5.07. The molecule has 0 radical (unpaired) electrons. The lowest BCUT2D eigenvalue weighted by molar-refractivity contribution is 0.102. The van der Waals surface area contributed by atoms with E-state index in [9.17, 15) is 13.6 Å². The van der Waals surface area contributed by atoms with Gasteiger partial charge in [-0.3, -0.25) is 4.79 Å². The molecule has 0 aliphatic heterocycles. The molecule has 138 valence electrons. The number of rotatable bonds is 4. The van der Waals surface area contributed by atoms with Gasteiger partial charge in [0.15, 0.2) is 0 Å². The van der Waals surface area contributed by atoms with E-state index in [4.69, 9.17) is 0 Å². The van der Waals surface area contributed by atoms with Crippen LogP contribution in [0.1, 0.15) is 10.4 Å². The summed E-state index contributed by atoms with van der Waals surface area (Å²) in [6.07, 6.45) is 0. The molecule has 0 spiro atoms. The number of carbonyl (C=O) groups is 1. The highest BCUT2D eigenvalue weighted by molar-refractivity contribution is 6.04. The van der Waals surface area contributed by atoms with Crippen molar-refractivity contribution in [1.29, 1.82) is 0 Å². The van der Waals surface area contributed by atoms with E-state index in [0.29, 0.717) is 28.3 Å². The summed E-state index contributed by atoms with van der Waals surface area (Å²) in [5.41, 5.74) is 1.72. The highest BCUT2D eigenvalue weighted by atomic mass is 19.1. The van der Waals surface area contributed by atoms with Crippen LogP contribution in [0.25, 0.3) is 16.9 Å². The summed E-state index contributed by atoms with van der Waals surface area (Å²) in [4.78, 5) is 12.6. The number of nitrogens with zero attached hydrogens (tertiary/aromatic N) is 2. The molecule has 0 aliphatic carbocycles. The van der Waals surface area contributed by atoms with Crippen molar-refractivity contribution in [2.24, 2.45) is 0 Å². The van der Waals surface area contributed by atoms with Gasteiger partial charge in [0.1, 0.15) is 17.5 Å². The molecule has 1 amide bonds. The molecule has 0 fully saturated rings. The Morgan fingerprint density at radius 3 is 2.25 bits per heavy atom. The monoisotopic (exact) mass is 375 g/mol. The van der Waals surface area contributed by atoms with Crippen molar-refractivity contribution in [1.82, 2.24) is 9.78 Å². The van der Waals surface area contributed by atoms with E-state index < -0.39 is 17.5 Å². The van der Waals surface area contributed by atoms with Crippen LogP contribution >= 0.6 is 0 Å². The van der Waals surface area contributed by atoms with Gasteiger partial charge >= 0.3 is 0 Å². The molecule has 0 aliphatic rings. The molecule has 0 saturated heterocycles. The Hall–Kier alpha value is -3.80. The molecule has 0 atom stereocenters. The molecule has 3 aromatic carbocycles. The van der Waals surface area contributed by atoms with Crippen molar-refractivity contribution >= 4 is 11.7 Å². The van der Waals surface area contributed by atoms with Crippen molar-refractivity contribution in [3.8, 4) is 16.9 Å². The van der Waals surface area contributed by atoms with Crippen molar-refractivity contribution < 1.29 is 13.6 Å². The Kier molecular flexibility index (Phi) is 4.68. The summed E-state index contributed by atoms with van der Waals surface area (Å²) >= 11 is 0. The Labute approximate surface area is 160 Å². The van der Waals surface area contributed by atoms with Gasteiger partial charge in [0.2, 0.25) is 0 Å². The molecule has 1 heterocycles. The van der Waals surface area contributed by atoms with Gasteiger partial charge in [-0.15, -0.1) is 0 Å². The lowest BCUT2D eigenvalue weighted by Gasteiger charge is -2.08. The maximum absolute atomic E-state index is 14.2. The first kappa shape index (κ1) is 17.6. The van der Waals surface area contributed by atoms with Crippen LogP contribution in [-0.4, -0.2) is 15.7 Å². The average molecular weight is 375 g/mol. The normalized spacial score (nSPS) is 10.6. The van der Waals surface area contributed by atoms with Crippen molar-refractivity contribution in [3.05, 3.63) is 102 Å². The van der Waals surface area contributed by atoms with Gasteiger partial charge in [0.05, 0.1) is 11.4 Å². The third-order valence-corrected chi connectivity index (χ3v) is 4.21. The van der Waals surface area contributed by atoms with Gasteiger partial charge in [-0.2, -0.15) is 5.10 Å². The summed E-state index contributed by atoms with van der Waals surface area (Å²) in [5.74, 6) is -0.875. The van der Waals surface area contributed by atoms with Gasteiger partial charge in [-0.05, 0) is 48.5 Å². The number of anilines is 1. The van der Waals surface area contributed by atoms with E-state index in [1.165, 1.54) is 35.0 Å². The largest absolute Gasteiger partial charge is 0.306 e. The second-order valence-corrected chi connectivity index (χ2v) is 6.10. The minimum Gasteiger partial charge on any atom is -0.306 e. The fraction of sp³-hybridized carbons (Fsp3) is 0. The summed E-state index contributed by atoms with van der Waals surface area (Å²) in [7, 11) is 0. The smallest absolute Gasteiger partial charge is 0.256 e. The molecule has 4 rings (SSSR count). The number of carbonyl (C=O) groups excluding carboxylic acids is 1. The van der Waals surface area contributed by atoms with Crippen LogP contribution in [0.4, 0.5) is 14.6 Å². The summed E-state index contributed by atoms with van der Waals surface area (Å²) in [6.45, 7) is 0. The number of benzene rings is 3. The van der Waals surface area contributed by atoms with E-state index in [1.54, 1.807) is 24.3 Å². The minimum absolute atomic E-state index is 0.301. The summed E-state index contributed by atoms with van der Waals surface area (Å²) < 4.78 is 28.9. The Bertz CT molecular complexity index is 1120. The molecular formula is C22H15F2N3O. The number of amides is 1. The first-order chi connectivity index (χ1) is 13.6. The van der Waals surface area contributed by atoms with E-state index >= 15 is 0 Å². The molecule has 1 N–H and O–H groups in total. The first-order valence-corrected chi connectivity index (χ1v) is 8.59. The van der Waals surface area contributed by atoms with E-state index in [1.807, 2.05) is 30.3 Å². The Balaban J connectivity index is 1.75. The molecule has 6 heteroatoms. The van der Waals surface area contributed by atoms with Gasteiger partial charge in [-0.25, -0.2) is 13.5 Å². The second-order valence-electron chi connectivity index (χ2n) is 6.10. The van der Waals surface area contributed by atoms with Crippen LogP contribution in [0.2, 0.25) is 0 Å². The Morgan fingerprint density at radius 1 is 0.857 bits per heavy atom. The van der Waals surface area contributed by atoms with E-state index in [-0.39, 0.29) is 0 Å². The molecule has 1 aromatic heterocycles. The van der Waals surface area contributed by atoms with Crippen LogP contribution in [-0.2, 0) is 0 Å². The molecule has 4 aromatic rings. The zero-order valence-electron chi connectivity index (χ0n) is 14.6. The zero-order valence-corrected chi connectivity index (χ0v) is 14.6. The van der Waals surface area contributed by atoms with Gasteiger partial charge in [0, 0.05) is 17.2 Å². The van der Waals surface area contributed by atoms with Crippen LogP contribution < -0.4 is 5.32 Å². The Morgan fingerprint density at radius 2 is 1.54 bits per heavy atom. The topological polar surface area (TPSA) is 46.9 Å². The van der Waals surface area contributed by atoms with Crippen molar-refractivity contribution in [3.63, 3.8) is 0 Å². The quantitative estimate of drug-likeness (QED) is 0.541. The number of hydrogen-bond donors (Lipinski definition) is 1. The molecule has 4 nitrogen and oxygen atoms in total. The summed E-state index contributed by atoms with van der Waals surface area (Å²) in [6, 6.07) is 22.3. The average Bonchev–Trinajstić information content (AvgIpc) is 3.13. The van der Waals surface area contributed by atoms with E-state index in [0.717, 1.165) is 0 Å². The third-order valence-electron chi connectivity index (χ3n) is 4.21. The molecule has 0 unspecified atom stereocenters. The maximum atomic E-state index is 14.2. The van der Waals surface area contributed by atoms with Crippen LogP contribution in [0, 0.1) is 11.6 Å². The van der Waals surface area contributed by atoms with Crippen LogP contribution in [0.5, 0.6) is 0 Å². The van der Waals surface area contributed by atoms with E-state index in [2.05, 4.69) is 10.4 Å². The second kappa shape index (κ2) is 7.44. The first-order valence-electron chi connectivity index (χ1n) is 8.59. The lowest BCUT2D eigenvalue weighted by Crippen LogP contribution is -2.15. The van der Waals surface area contributed by atoms with Crippen molar-refractivity contribution in [2.75, 3.05) is 5.32 Å². The molecule has 0 bridgehead atoms. The zero-order chi connectivity index (χ0) is 19.5. The van der Waals surface area contributed by atoms with Gasteiger partial charge < -0.3 is 5.32 Å². The number of halogens is 2. The fourth-order valence-electron chi connectivity index (χ4n) is 2.83. The fourth-order valence-corrected chi connectivity index (χ4v) is 2.83. The van der Waals surface area contributed by atoms with Crippen LogP contribution in [0.3, 0.4) is 0 Å². The number of para-hydroxylation sites is 1. The highest BCUT2D eigenvalue weighted by Gasteiger charge is 2.16. The number of nitrogens with one attached hydrogen (secondary N) is 1. The third kappa shape index (κ3) is 3.53. The van der Waals surface area contributed by atoms with Crippen LogP contribution in [0.15, 0.2) is 84.9 Å². The van der Waals surface area contributed by atoms with Crippen molar-refractivity contribution in [2.45, 2.75) is 0 Å². The standard InChI is InChI=1S/C22H15F2N3O/c23-16-12-10-15(11-13-16)22(28)25-21-14-20(18-8-4-5-9-19(18)24)26-27(21)17-6-2-1-3-7-17/h1-14H,(H,25,28). The molecular weight excluding hydrogens is 360 g/mol. The molecule has 28 heavy (non-hydrogen) atoms. The summed E-state index contributed by atoms with van der Waals surface area (Å²) in [5, 5.41) is 7.25. The minimum atomic E-state index is -0.423. The predicted molar refractivity (Wildman–Crippen MR) is 103 cm³/mol. The number of hydrogen-bond acceptors (Lipinski definition) is 2. The SMILES string of the molecule is O=C(Nc1cc(-c2ccccc2F)nn1-c1ccccc1)c1ccc(F)cc1. The lowest BCUT2D eigenvalue weighted by atomic mass is 10.1. The highest BCUT2D eigenvalue weighted by Crippen LogP contribution is 2.27. The molecule has 0 saturated carbocycles. The maximum Gasteiger partial charge on any atom is 0.256 e. The van der Waals surface area contributed by atoms with Gasteiger partial charge in [-0.1, -0.05) is 30.3 Å². The number of aromatic nitrogens is 2. The van der Waals surface area contributed by atoms with Gasteiger partial charge in [0.25, 0.3) is 5.91 Å².